The van der Waals surface area contributed by atoms with E-state index in [4.69, 9.17) is 4.74 Å². The van der Waals surface area contributed by atoms with Crippen molar-refractivity contribution >= 4 is 21.7 Å². The molecule has 0 radical (unpaired) electrons. The molecule has 0 unspecified atom stereocenters. The van der Waals surface area contributed by atoms with E-state index < -0.39 is 0 Å². The van der Waals surface area contributed by atoms with Gasteiger partial charge in [-0.25, -0.2) is 9.97 Å². The van der Waals surface area contributed by atoms with Crippen molar-refractivity contribution in [3.63, 3.8) is 0 Å². The summed E-state index contributed by atoms with van der Waals surface area (Å²) in [4.78, 5) is 8.29. The average Bonchev–Trinajstić information content (AvgIpc) is 2.41. The fourth-order valence-corrected chi connectivity index (χ4v) is 2.23. The lowest BCUT2D eigenvalue weighted by Crippen LogP contribution is -2.01. The van der Waals surface area contributed by atoms with Crippen LogP contribution in [0.15, 0.2) is 35.1 Å². The number of nitrogens with one attached hydrogen (secondary N) is 1. The number of nitrogens with zero attached hydrogens (tertiary/aromatic N) is 2. The van der Waals surface area contributed by atoms with Crippen LogP contribution in [-0.4, -0.2) is 16.5 Å². The van der Waals surface area contributed by atoms with Crippen LogP contribution >= 0.6 is 15.9 Å². The Morgan fingerprint density at radius 3 is 2.75 bits per heavy atom. The van der Waals surface area contributed by atoms with Crippen molar-refractivity contribution in [3.8, 4) is 11.6 Å². The lowest BCUT2D eigenvalue weighted by molar-refractivity contribution is 0.453. The van der Waals surface area contributed by atoms with Gasteiger partial charge in [-0.1, -0.05) is 29.8 Å². The number of anilines is 1. The molecule has 0 saturated carbocycles. The lowest BCUT2D eigenvalue weighted by atomic mass is 10.0. The number of hydrogen-bond donors (Lipinski definition) is 1. The number of halogens is 1. The van der Waals surface area contributed by atoms with E-state index in [1.165, 1.54) is 6.33 Å². The summed E-state index contributed by atoms with van der Waals surface area (Å²) in [5.74, 6) is 2.50. The van der Waals surface area contributed by atoms with Crippen LogP contribution in [-0.2, 0) is 0 Å². The summed E-state index contributed by atoms with van der Waals surface area (Å²) in [6, 6.07) is 7.80. The molecule has 0 spiro atoms. The minimum absolute atomic E-state index is 0.373. The minimum atomic E-state index is 0.373. The van der Waals surface area contributed by atoms with Gasteiger partial charge in [0.15, 0.2) is 0 Å². The van der Waals surface area contributed by atoms with E-state index in [-0.39, 0.29) is 0 Å². The highest BCUT2D eigenvalue weighted by molar-refractivity contribution is 9.10. The maximum Gasteiger partial charge on any atom is 0.224 e. The van der Waals surface area contributed by atoms with Crippen LogP contribution in [0.3, 0.4) is 0 Å². The molecular formula is C15H18BrN3O. The molecule has 1 aromatic heterocycles. The quantitative estimate of drug-likeness (QED) is 0.868. The van der Waals surface area contributed by atoms with Crippen LogP contribution in [0.1, 0.15) is 32.3 Å². The predicted octanol–water partition coefficient (Wildman–Crippen LogP) is 4.59. The van der Waals surface area contributed by atoms with E-state index in [0.717, 1.165) is 28.1 Å². The van der Waals surface area contributed by atoms with Crippen molar-refractivity contribution in [2.45, 2.75) is 26.7 Å². The standard InChI is InChI=1S/C15H18BrN3O/c1-4-17-14-8-15(19-9-18-14)20-13-6-5-11(16)7-12(13)10(2)3/h5-10H,4H2,1-3H3,(H,17,18,19). The molecule has 106 valence electrons. The fraction of sp³-hybridized carbons (Fsp3) is 0.333. The van der Waals surface area contributed by atoms with Gasteiger partial charge in [-0.05, 0) is 36.6 Å². The Morgan fingerprint density at radius 2 is 2.05 bits per heavy atom. The summed E-state index contributed by atoms with van der Waals surface area (Å²) < 4.78 is 6.95. The highest BCUT2D eigenvalue weighted by atomic mass is 79.9. The summed E-state index contributed by atoms with van der Waals surface area (Å²) in [5, 5.41) is 3.14. The summed E-state index contributed by atoms with van der Waals surface area (Å²) in [7, 11) is 0. The summed E-state index contributed by atoms with van der Waals surface area (Å²) in [6.07, 6.45) is 1.50. The zero-order valence-corrected chi connectivity index (χ0v) is 13.4. The third-order valence-electron chi connectivity index (χ3n) is 2.81. The molecule has 4 nitrogen and oxygen atoms in total. The van der Waals surface area contributed by atoms with Crippen LogP contribution in [0.25, 0.3) is 0 Å². The normalized spacial score (nSPS) is 10.7. The highest BCUT2D eigenvalue weighted by Gasteiger charge is 2.10. The van der Waals surface area contributed by atoms with Crippen molar-refractivity contribution in [1.82, 2.24) is 9.97 Å². The van der Waals surface area contributed by atoms with E-state index in [9.17, 15) is 0 Å². The molecule has 0 atom stereocenters. The fourth-order valence-electron chi connectivity index (χ4n) is 1.85. The smallest absolute Gasteiger partial charge is 0.224 e. The lowest BCUT2D eigenvalue weighted by Gasteiger charge is -2.14. The van der Waals surface area contributed by atoms with Crippen molar-refractivity contribution < 1.29 is 4.74 Å². The maximum absolute atomic E-state index is 5.90. The first kappa shape index (κ1) is 14.8. The molecule has 0 aliphatic carbocycles. The Balaban J connectivity index is 2.27. The number of ether oxygens (including phenoxy) is 1. The topological polar surface area (TPSA) is 47.0 Å². The van der Waals surface area contributed by atoms with Gasteiger partial charge < -0.3 is 10.1 Å². The molecule has 0 bridgehead atoms. The third kappa shape index (κ3) is 3.70. The molecule has 0 aliphatic rings. The Bertz CT molecular complexity index is 587. The van der Waals surface area contributed by atoms with Gasteiger partial charge in [-0.2, -0.15) is 0 Å². The second kappa shape index (κ2) is 6.70. The van der Waals surface area contributed by atoms with Gasteiger partial charge in [0.1, 0.15) is 17.9 Å². The number of aromatic nitrogens is 2. The van der Waals surface area contributed by atoms with Crippen molar-refractivity contribution in [2.24, 2.45) is 0 Å². The Morgan fingerprint density at radius 1 is 1.25 bits per heavy atom. The molecule has 1 aromatic carbocycles. The minimum Gasteiger partial charge on any atom is -0.439 e. The van der Waals surface area contributed by atoms with Crippen LogP contribution in [0.2, 0.25) is 0 Å². The SMILES string of the molecule is CCNc1cc(Oc2ccc(Br)cc2C(C)C)ncn1. The monoisotopic (exact) mass is 335 g/mol. The summed E-state index contributed by atoms with van der Waals surface area (Å²) in [5.41, 5.74) is 1.14. The average molecular weight is 336 g/mol. The molecule has 0 amide bonds. The number of rotatable bonds is 5. The van der Waals surface area contributed by atoms with Gasteiger partial charge in [-0.15, -0.1) is 0 Å². The van der Waals surface area contributed by atoms with Crippen LogP contribution < -0.4 is 10.1 Å². The number of hydrogen-bond acceptors (Lipinski definition) is 4. The van der Waals surface area contributed by atoms with Crippen molar-refractivity contribution in [3.05, 3.63) is 40.6 Å². The second-order valence-electron chi connectivity index (χ2n) is 4.71. The molecular weight excluding hydrogens is 318 g/mol. The molecule has 0 fully saturated rings. The first-order valence-electron chi connectivity index (χ1n) is 6.63. The molecule has 2 rings (SSSR count). The highest BCUT2D eigenvalue weighted by Crippen LogP contribution is 2.32. The molecule has 0 aliphatic heterocycles. The van der Waals surface area contributed by atoms with Crippen LogP contribution in [0.4, 0.5) is 5.82 Å². The first-order valence-corrected chi connectivity index (χ1v) is 7.42. The van der Waals surface area contributed by atoms with Crippen molar-refractivity contribution in [1.29, 1.82) is 0 Å². The third-order valence-corrected chi connectivity index (χ3v) is 3.30. The molecule has 20 heavy (non-hydrogen) atoms. The Hall–Kier alpha value is -1.62. The summed E-state index contributed by atoms with van der Waals surface area (Å²) in [6.45, 7) is 7.11. The largest absolute Gasteiger partial charge is 0.439 e. The van der Waals surface area contributed by atoms with Gasteiger partial charge in [0.25, 0.3) is 0 Å². The summed E-state index contributed by atoms with van der Waals surface area (Å²) >= 11 is 3.49. The molecule has 0 saturated heterocycles. The van der Waals surface area contributed by atoms with E-state index in [2.05, 4.69) is 51.1 Å². The van der Waals surface area contributed by atoms with E-state index in [1.54, 1.807) is 6.07 Å². The zero-order valence-electron chi connectivity index (χ0n) is 11.9. The van der Waals surface area contributed by atoms with E-state index >= 15 is 0 Å². The van der Waals surface area contributed by atoms with Crippen LogP contribution in [0, 0.1) is 0 Å². The van der Waals surface area contributed by atoms with Gasteiger partial charge >= 0.3 is 0 Å². The number of benzene rings is 1. The van der Waals surface area contributed by atoms with Gasteiger partial charge in [-0.3, -0.25) is 0 Å². The van der Waals surface area contributed by atoms with E-state index in [0.29, 0.717) is 11.8 Å². The molecule has 1 heterocycles. The predicted molar refractivity (Wildman–Crippen MR) is 84.5 cm³/mol. The first-order chi connectivity index (χ1) is 9.60. The van der Waals surface area contributed by atoms with E-state index in [1.807, 2.05) is 19.1 Å². The van der Waals surface area contributed by atoms with Gasteiger partial charge in [0.2, 0.25) is 5.88 Å². The van der Waals surface area contributed by atoms with Crippen LogP contribution in [0.5, 0.6) is 11.6 Å². The van der Waals surface area contributed by atoms with Gasteiger partial charge in [0, 0.05) is 17.1 Å². The second-order valence-corrected chi connectivity index (χ2v) is 5.63. The Labute approximate surface area is 127 Å². The molecule has 2 aromatic rings. The zero-order chi connectivity index (χ0) is 14.5. The molecule has 5 heteroatoms. The molecule has 1 N–H and O–H groups in total. The van der Waals surface area contributed by atoms with Gasteiger partial charge in [0.05, 0.1) is 0 Å². The Kier molecular flexibility index (Phi) is 4.95. The van der Waals surface area contributed by atoms with Crippen molar-refractivity contribution in [2.75, 3.05) is 11.9 Å². The maximum atomic E-state index is 5.90.